The molecule has 0 atom stereocenters. The van der Waals surface area contributed by atoms with E-state index >= 15 is 0 Å². The molecule has 2 aromatic rings. The van der Waals surface area contributed by atoms with Crippen LogP contribution in [0.4, 0.5) is 0 Å². The van der Waals surface area contributed by atoms with Gasteiger partial charge in [0.15, 0.2) is 5.82 Å². The lowest BCUT2D eigenvalue weighted by Crippen LogP contribution is -2.38. The lowest BCUT2D eigenvalue weighted by atomic mass is 10.2. The molecule has 0 saturated heterocycles. The van der Waals surface area contributed by atoms with Crippen molar-refractivity contribution in [1.29, 1.82) is 0 Å². The Kier molecular flexibility index (Phi) is 4.52. The third-order valence-corrected chi connectivity index (χ3v) is 3.75. The van der Waals surface area contributed by atoms with Crippen molar-refractivity contribution in [3.63, 3.8) is 0 Å². The number of carbonyl (C=O) groups is 1. The fourth-order valence-corrected chi connectivity index (χ4v) is 2.54. The second-order valence-electron chi connectivity index (χ2n) is 5.24. The number of fused-ring (bicyclic) bond motifs is 1. The standard InChI is InChI=1S/C15H19N5O3/c1-11-17-18-13-10-19(6-7-20(11)13)15(21)12-4-3-5-16-14(12)23-9-8-22-2/h3-5H,6-10H2,1-2H3. The molecule has 122 valence electrons. The number of amides is 1. The fourth-order valence-electron chi connectivity index (χ4n) is 2.54. The van der Waals surface area contributed by atoms with Crippen LogP contribution < -0.4 is 4.74 Å². The van der Waals surface area contributed by atoms with E-state index in [0.29, 0.717) is 44.3 Å². The molecular formula is C15H19N5O3. The summed E-state index contributed by atoms with van der Waals surface area (Å²) >= 11 is 0. The zero-order valence-electron chi connectivity index (χ0n) is 13.2. The van der Waals surface area contributed by atoms with Crippen LogP contribution in [0.3, 0.4) is 0 Å². The lowest BCUT2D eigenvalue weighted by Gasteiger charge is -2.28. The molecule has 23 heavy (non-hydrogen) atoms. The van der Waals surface area contributed by atoms with Crippen LogP contribution in [-0.2, 0) is 17.8 Å². The van der Waals surface area contributed by atoms with E-state index in [-0.39, 0.29) is 5.91 Å². The van der Waals surface area contributed by atoms with Crippen LogP contribution in [-0.4, -0.2) is 57.4 Å². The minimum absolute atomic E-state index is 0.114. The molecule has 0 fully saturated rings. The monoisotopic (exact) mass is 317 g/mol. The summed E-state index contributed by atoms with van der Waals surface area (Å²) in [7, 11) is 1.60. The Morgan fingerprint density at radius 1 is 1.30 bits per heavy atom. The zero-order valence-corrected chi connectivity index (χ0v) is 13.2. The number of carbonyl (C=O) groups excluding carboxylic acids is 1. The number of ether oxygens (including phenoxy) is 2. The SMILES string of the molecule is COCCOc1ncccc1C(=O)N1CCn2c(C)nnc2C1. The molecule has 2 aromatic heterocycles. The van der Waals surface area contributed by atoms with Crippen LogP contribution in [0.15, 0.2) is 18.3 Å². The van der Waals surface area contributed by atoms with Crippen LogP contribution in [0.5, 0.6) is 5.88 Å². The van der Waals surface area contributed by atoms with Crippen molar-refractivity contribution in [3.05, 3.63) is 35.5 Å². The van der Waals surface area contributed by atoms with Crippen LogP contribution >= 0.6 is 0 Å². The van der Waals surface area contributed by atoms with Crippen molar-refractivity contribution in [2.45, 2.75) is 20.0 Å². The van der Waals surface area contributed by atoms with Crippen molar-refractivity contribution in [2.24, 2.45) is 0 Å². The molecule has 0 aliphatic carbocycles. The zero-order chi connectivity index (χ0) is 16.2. The lowest BCUT2D eigenvalue weighted by molar-refractivity contribution is 0.0698. The van der Waals surface area contributed by atoms with Crippen LogP contribution in [0.25, 0.3) is 0 Å². The van der Waals surface area contributed by atoms with Crippen molar-refractivity contribution >= 4 is 5.91 Å². The molecule has 0 aromatic carbocycles. The average Bonchev–Trinajstić information content (AvgIpc) is 2.95. The maximum absolute atomic E-state index is 12.8. The van der Waals surface area contributed by atoms with Gasteiger partial charge < -0.3 is 18.9 Å². The quantitative estimate of drug-likeness (QED) is 0.754. The number of hydrogen-bond acceptors (Lipinski definition) is 6. The minimum Gasteiger partial charge on any atom is -0.475 e. The highest BCUT2D eigenvalue weighted by Crippen LogP contribution is 2.20. The second-order valence-corrected chi connectivity index (χ2v) is 5.24. The van der Waals surface area contributed by atoms with E-state index in [4.69, 9.17) is 9.47 Å². The molecule has 0 N–H and O–H groups in total. The Morgan fingerprint density at radius 3 is 3.00 bits per heavy atom. The van der Waals surface area contributed by atoms with Gasteiger partial charge in [-0.1, -0.05) is 0 Å². The first-order chi connectivity index (χ1) is 11.2. The van der Waals surface area contributed by atoms with Gasteiger partial charge in [0.25, 0.3) is 5.91 Å². The van der Waals surface area contributed by atoms with E-state index in [9.17, 15) is 4.79 Å². The van der Waals surface area contributed by atoms with Crippen LogP contribution in [0.2, 0.25) is 0 Å². The summed E-state index contributed by atoms with van der Waals surface area (Å²) in [5.74, 6) is 1.89. The normalized spacial score (nSPS) is 13.7. The van der Waals surface area contributed by atoms with Gasteiger partial charge in [0.2, 0.25) is 5.88 Å². The summed E-state index contributed by atoms with van der Waals surface area (Å²) < 4.78 is 12.5. The number of rotatable bonds is 5. The van der Waals surface area contributed by atoms with E-state index in [0.717, 1.165) is 11.6 Å². The number of aromatic nitrogens is 4. The van der Waals surface area contributed by atoms with E-state index in [2.05, 4.69) is 15.2 Å². The summed E-state index contributed by atoms with van der Waals surface area (Å²) in [6.45, 7) is 4.44. The Labute approximate surface area is 134 Å². The Bertz CT molecular complexity index is 700. The van der Waals surface area contributed by atoms with Gasteiger partial charge in [-0.05, 0) is 19.1 Å². The molecule has 0 radical (unpaired) electrons. The smallest absolute Gasteiger partial charge is 0.259 e. The maximum Gasteiger partial charge on any atom is 0.259 e. The van der Waals surface area contributed by atoms with E-state index in [1.807, 2.05) is 11.5 Å². The summed E-state index contributed by atoms with van der Waals surface area (Å²) in [6, 6.07) is 3.45. The summed E-state index contributed by atoms with van der Waals surface area (Å²) in [5.41, 5.74) is 0.452. The van der Waals surface area contributed by atoms with Gasteiger partial charge in [-0.2, -0.15) is 0 Å². The molecule has 8 nitrogen and oxygen atoms in total. The molecule has 1 aliphatic heterocycles. The first-order valence-corrected chi connectivity index (χ1v) is 7.45. The fraction of sp³-hybridized carbons (Fsp3) is 0.467. The maximum atomic E-state index is 12.8. The molecule has 0 bridgehead atoms. The third kappa shape index (κ3) is 3.16. The summed E-state index contributed by atoms with van der Waals surface area (Å²) in [4.78, 5) is 18.7. The summed E-state index contributed by atoms with van der Waals surface area (Å²) in [5, 5.41) is 8.18. The van der Waals surface area contributed by atoms with Gasteiger partial charge in [-0.15, -0.1) is 10.2 Å². The topological polar surface area (TPSA) is 82.4 Å². The van der Waals surface area contributed by atoms with E-state index in [1.165, 1.54) is 0 Å². The third-order valence-electron chi connectivity index (χ3n) is 3.75. The Morgan fingerprint density at radius 2 is 2.17 bits per heavy atom. The molecule has 1 aliphatic rings. The molecule has 0 spiro atoms. The van der Waals surface area contributed by atoms with Crippen molar-refractivity contribution in [3.8, 4) is 5.88 Å². The molecule has 3 rings (SSSR count). The highest BCUT2D eigenvalue weighted by Gasteiger charge is 2.26. The minimum atomic E-state index is -0.114. The number of hydrogen-bond donors (Lipinski definition) is 0. The van der Waals surface area contributed by atoms with Crippen molar-refractivity contribution < 1.29 is 14.3 Å². The van der Waals surface area contributed by atoms with E-state index < -0.39 is 0 Å². The Hall–Kier alpha value is -2.48. The molecule has 0 unspecified atom stereocenters. The van der Waals surface area contributed by atoms with Gasteiger partial charge in [0.05, 0.1) is 13.2 Å². The number of aryl methyl sites for hydroxylation is 1. The largest absolute Gasteiger partial charge is 0.475 e. The molecule has 3 heterocycles. The van der Waals surface area contributed by atoms with Crippen LogP contribution in [0.1, 0.15) is 22.0 Å². The highest BCUT2D eigenvalue weighted by molar-refractivity contribution is 5.96. The number of methoxy groups -OCH3 is 1. The highest BCUT2D eigenvalue weighted by atomic mass is 16.5. The predicted molar refractivity (Wildman–Crippen MR) is 81.1 cm³/mol. The van der Waals surface area contributed by atoms with Gasteiger partial charge in [-0.25, -0.2) is 4.98 Å². The number of pyridine rings is 1. The number of nitrogens with zero attached hydrogens (tertiary/aromatic N) is 5. The molecule has 0 saturated carbocycles. The van der Waals surface area contributed by atoms with Crippen molar-refractivity contribution in [1.82, 2.24) is 24.6 Å². The Balaban J connectivity index is 1.76. The van der Waals surface area contributed by atoms with Crippen LogP contribution in [0, 0.1) is 6.92 Å². The second kappa shape index (κ2) is 6.74. The molecule has 1 amide bonds. The molecule has 8 heteroatoms. The van der Waals surface area contributed by atoms with Gasteiger partial charge >= 0.3 is 0 Å². The van der Waals surface area contributed by atoms with Crippen molar-refractivity contribution in [2.75, 3.05) is 26.9 Å². The van der Waals surface area contributed by atoms with Gasteiger partial charge in [0.1, 0.15) is 18.0 Å². The van der Waals surface area contributed by atoms with Gasteiger partial charge in [0, 0.05) is 26.4 Å². The first-order valence-electron chi connectivity index (χ1n) is 7.45. The van der Waals surface area contributed by atoms with Gasteiger partial charge in [-0.3, -0.25) is 4.79 Å². The average molecular weight is 317 g/mol. The van der Waals surface area contributed by atoms with E-state index in [1.54, 1.807) is 30.3 Å². The first kappa shape index (κ1) is 15.4. The summed E-state index contributed by atoms with van der Waals surface area (Å²) in [6.07, 6.45) is 1.61. The predicted octanol–water partition coefficient (Wildman–Crippen LogP) is 0.663. The molecular weight excluding hydrogens is 298 g/mol.